The van der Waals surface area contributed by atoms with Crippen LogP contribution in [0.1, 0.15) is 21.5 Å². The summed E-state index contributed by atoms with van der Waals surface area (Å²) in [5.41, 5.74) is 2.53. The van der Waals surface area contributed by atoms with E-state index in [2.05, 4.69) is 10.3 Å². The minimum atomic E-state index is -0.182. The molecule has 1 aromatic heterocycles. The number of amides is 1. The minimum Gasteiger partial charge on any atom is -0.348 e. The zero-order chi connectivity index (χ0) is 14.4. The van der Waals surface area contributed by atoms with Gasteiger partial charge in [0.2, 0.25) is 5.91 Å². The smallest absolute Gasteiger partial charge is 0.224 e. The van der Waals surface area contributed by atoms with Gasteiger partial charge in [-0.2, -0.15) is 0 Å². The number of benzene rings is 1. The largest absolute Gasteiger partial charge is 0.348 e. The van der Waals surface area contributed by atoms with E-state index < -0.39 is 0 Å². The van der Waals surface area contributed by atoms with Crippen LogP contribution in [-0.2, 0) is 11.2 Å². The lowest BCUT2D eigenvalue weighted by molar-refractivity contribution is -0.120. The molecule has 0 aliphatic heterocycles. The summed E-state index contributed by atoms with van der Waals surface area (Å²) < 4.78 is 0. The number of pyridine rings is 1. The molecule has 0 atom stereocenters. The highest BCUT2D eigenvalue weighted by Gasteiger charge is 2.08. The van der Waals surface area contributed by atoms with Gasteiger partial charge in [-0.25, -0.2) is 0 Å². The number of hydrogen-bond acceptors (Lipinski definition) is 3. The lowest BCUT2D eigenvalue weighted by atomic mass is 10.1. The van der Waals surface area contributed by atoms with E-state index in [1.165, 1.54) is 0 Å². The third-order valence-corrected chi connectivity index (χ3v) is 2.91. The van der Waals surface area contributed by atoms with Gasteiger partial charge >= 0.3 is 0 Å². The van der Waals surface area contributed by atoms with E-state index in [4.69, 9.17) is 0 Å². The van der Waals surface area contributed by atoms with Crippen LogP contribution >= 0.6 is 0 Å². The Labute approximate surface area is 117 Å². The Kier molecular flexibility index (Phi) is 4.60. The lowest BCUT2D eigenvalue weighted by Crippen LogP contribution is -2.30. The molecule has 0 bridgehead atoms. The number of carbonyl (C=O) groups is 2. The average molecular weight is 268 g/mol. The van der Waals surface area contributed by atoms with Crippen molar-refractivity contribution in [2.24, 2.45) is 0 Å². The van der Waals surface area contributed by atoms with E-state index in [0.29, 0.717) is 5.56 Å². The van der Waals surface area contributed by atoms with E-state index >= 15 is 0 Å². The molecule has 0 unspecified atom stereocenters. The van der Waals surface area contributed by atoms with E-state index in [-0.39, 0.29) is 24.7 Å². The van der Waals surface area contributed by atoms with Crippen molar-refractivity contribution in [3.8, 4) is 0 Å². The van der Waals surface area contributed by atoms with Crippen LogP contribution in [0.5, 0.6) is 0 Å². The summed E-state index contributed by atoms with van der Waals surface area (Å²) >= 11 is 0. The molecule has 1 aromatic carbocycles. The normalized spacial score (nSPS) is 10.1. The molecular weight excluding hydrogens is 252 g/mol. The molecule has 0 aliphatic rings. The fourth-order valence-electron chi connectivity index (χ4n) is 1.77. The Hall–Kier alpha value is -2.49. The molecule has 2 rings (SSSR count). The molecule has 4 heteroatoms. The monoisotopic (exact) mass is 268 g/mol. The third kappa shape index (κ3) is 4.02. The van der Waals surface area contributed by atoms with Gasteiger partial charge in [0.1, 0.15) is 0 Å². The quantitative estimate of drug-likeness (QED) is 0.843. The molecule has 0 spiro atoms. The Bertz CT molecular complexity index is 592. The molecule has 1 N–H and O–H groups in total. The summed E-state index contributed by atoms with van der Waals surface area (Å²) in [6.07, 6.45) is 3.53. The lowest BCUT2D eigenvalue weighted by Gasteiger charge is -2.05. The summed E-state index contributed by atoms with van der Waals surface area (Å²) in [5, 5.41) is 2.63. The molecule has 4 nitrogen and oxygen atoms in total. The number of carbonyl (C=O) groups excluding carboxylic acids is 2. The fourth-order valence-corrected chi connectivity index (χ4v) is 1.77. The molecule has 2 aromatic rings. The maximum Gasteiger partial charge on any atom is 0.224 e. The first kappa shape index (κ1) is 13.9. The van der Waals surface area contributed by atoms with E-state index in [1.807, 2.05) is 25.1 Å². The summed E-state index contributed by atoms with van der Waals surface area (Å²) in [4.78, 5) is 27.5. The topological polar surface area (TPSA) is 59.1 Å². The van der Waals surface area contributed by atoms with Gasteiger partial charge in [-0.15, -0.1) is 0 Å². The number of ketones is 1. The van der Waals surface area contributed by atoms with Gasteiger partial charge in [0.05, 0.1) is 13.0 Å². The van der Waals surface area contributed by atoms with Crippen molar-refractivity contribution in [1.29, 1.82) is 0 Å². The van der Waals surface area contributed by atoms with Gasteiger partial charge in [0.25, 0.3) is 0 Å². The Morgan fingerprint density at radius 3 is 2.55 bits per heavy atom. The molecule has 1 amide bonds. The van der Waals surface area contributed by atoms with Gasteiger partial charge in [0, 0.05) is 18.0 Å². The van der Waals surface area contributed by atoms with E-state index in [1.54, 1.807) is 30.6 Å². The summed E-state index contributed by atoms with van der Waals surface area (Å²) in [6.45, 7) is 1.98. The molecular formula is C16H16N2O2. The van der Waals surface area contributed by atoms with Gasteiger partial charge in [-0.3, -0.25) is 14.6 Å². The molecule has 20 heavy (non-hydrogen) atoms. The van der Waals surface area contributed by atoms with E-state index in [9.17, 15) is 9.59 Å². The van der Waals surface area contributed by atoms with Crippen molar-refractivity contribution in [3.63, 3.8) is 0 Å². The molecule has 0 saturated carbocycles. The zero-order valence-corrected chi connectivity index (χ0v) is 11.3. The SMILES string of the molecule is Cc1ccc(C(=O)CNC(=O)Cc2cccnc2)cc1. The van der Waals surface area contributed by atoms with Crippen molar-refractivity contribution in [2.75, 3.05) is 6.54 Å². The maximum absolute atomic E-state index is 11.9. The summed E-state index contributed by atoms with van der Waals surface area (Å²) in [6, 6.07) is 10.9. The Morgan fingerprint density at radius 1 is 1.15 bits per heavy atom. The van der Waals surface area contributed by atoms with Crippen LogP contribution in [-0.4, -0.2) is 23.2 Å². The zero-order valence-electron chi connectivity index (χ0n) is 11.3. The molecule has 102 valence electrons. The summed E-state index contributed by atoms with van der Waals surface area (Å²) in [5.74, 6) is -0.275. The predicted molar refractivity (Wildman–Crippen MR) is 76.5 cm³/mol. The minimum absolute atomic E-state index is 0.0160. The highest BCUT2D eigenvalue weighted by molar-refractivity contribution is 5.99. The predicted octanol–water partition coefficient (Wildman–Crippen LogP) is 1.93. The number of nitrogens with zero attached hydrogens (tertiary/aromatic N) is 1. The van der Waals surface area contributed by atoms with Crippen LogP contribution in [0.2, 0.25) is 0 Å². The van der Waals surface area contributed by atoms with Crippen LogP contribution in [0.15, 0.2) is 48.8 Å². The second-order valence-corrected chi connectivity index (χ2v) is 4.60. The first-order valence-electron chi connectivity index (χ1n) is 6.40. The molecule has 0 saturated heterocycles. The van der Waals surface area contributed by atoms with Crippen LogP contribution in [0.25, 0.3) is 0 Å². The second kappa shape index (κ2) is 6.61. The van der Waals surface area contributed by atoms with Crippen molar-refractivity contribution < 1.29 is 9.59 Å². The summed E-state index contributed by atoms with van der Waals surface area (Å²) in [7, 11) is 0. The Balaban J connectivity index is 1.84. The third-order valence-electron chi connectivity index (χ3n) is 2.91. The van der Waals surface area contributed by atoms with Gasteiger partial charge in [-0.1, -0.05) is 35.9 Å². The standard InChI is InChI=1S/C16H16N2O2/c1-12-4-6-14(7-5-12)15(19)11-18-16(20)9-13-3-2-8-17-10-13/h2-8,10H,9,11H2,1H3,(H,18,20). The number of hydrogen-bond donors (Lipinski definition) is 1. The van der Waals surface area contributed by atoms with Crippen molar-refractivity contribution >= 4 is 11.7 Å². The molecule has 0 fully saturated rings. The highest BCUT2D eigenvalue weighted by atomic mass is 16.2. The van der Waals surface area contributed by atoms with Gasteiger partial charge < -0.3 is 5.32 Å². The van der Waals surface area contributed by atoms with Crippen LogP contribution in [0.4, 0.5) is 0 Å². The van der Waals surface area contributed by atoms with Crippen molar-refractivity contribution in [3.05, 3.63) is 65.5 Å². The van der Waals surface area contributed by atoms with Crippen molar-refractivity contribution in [2.45, 2.75) is 13.3 Å². The Morgan fingerprint density at radius 2 is 1.90 bits per heavy atom. The molecule has 0 radical (unpaired) electrons. The molecule has 1 heterocycles. The number of rotatable bonds is 5. The maximum atomic E-state index is 11.9. The number of aromatic nitrogens is 1. The van der Waals surface area contributed by atoms with Crippen LogP contribution in [0, 0.1) is 6.92 Å². The molecule has 0 aliphatic carbocycles. The first-order chi connectivity index (χ1) is 9.65. The highest BCUT2D eigenvalue weighted by Crippen LogP contribution is 2.03. The second-order valence-electron chi connectivity index (χ2n) is 4.60. The van der Waals surface area contributed by atoms with Crippen LogP contribution in [0.3, 0.4) is 0 Å². The van der Waals surface area contributed by atoms with Crippen LogP contribution < -0.4 is 5.32 Å². The van der Waals surface area contributed by atoms with Crippen molar-refractivity contribution in [1.82, 2.24) is 10.3 Å². The van der Waals surface area contributed by atoms with E-state index in [0.717, 1.165) is 11.1 Å². The average Bonchev–Trinajstić information content (AvgIpc) is 2.46. The number of Topliss-reactive ketones (excluding diaryl/α,β-unsaturated/α-hetero) is 1. The number of aryl methyl sites for hydroxylation is 1. The fraction of sp³-hybridized carbons (Fsp3) is 0.188. The number of nitrogens with one attached hydrogen (secondary N) is 1. The van der Waals surface area contributed by atoms with Gasteiger partial charge in [-0.05, 0) is 18.6 Å². The van der Waals surface area contributed by atoms with Gasteiger partial charge in [0.15, 0.2) is 5.78 Å². The first-order valence-corrected chi connectivity index (χ1v) is 6.40.